The largest absolute Gasteiger partial charge is 0.460 e. The summed E-state index contributed by atoms with van der Waals surface area (Å²) >= 11 is 0. The van der Waals surface area contributed by atoms with Crippen LogP contribution in [0.1, 0.15) is 19.7 Å². The summed E-state index contributed by atoms with van der Waals surface area (Å²) in [6.45, 7) is 1.45. The van der Waals surface area contributed by atoms with Crippen LogP contribution in [0.5, 0.6) is 5.88 Å². The Labute approximate surface area is 159 Å². The first-order valence-corrected chi connectivity index (χ1v) is 7.91. The Kier molecular flexibility index (Phi) is 4.89. The molecular formula is C16H13F6N5O2. The van der Waals surface area contributed by atoms with Crippen LogP contribution < -0.4 is 4.74 Å². The number of hydrogen-bond acceptors (Lipinski definition) is 6. The second kappa shape index (κ2) is 6.83. The minimum Gasteiger partial charge on any atom is -0.460 e. The van der Waals surface area contributed by atoms with Gasteiger partial charge in [-0.3, -0.25) is 9.38 Å². The number of methoxy groups -OCH3 is 1. The monoisotopic (exact) mass is 421 g/mol. The first kappa shape index (κ1) is 20.8. The molecule has 7 nitrogen and oxygen atoms in total. The van der Waals surface area contributed by atoms with Gasteiger partial charge in [0.25, 0.3) is 5.88 Å². The average Bonchev–Trinajstić information content (AvgIpc) is 3.06. The fraction of sp³-hybridized carbons (Fsp3) is 0.375. The van der Waals surface area contributed by atoms with Gasteiger partial charge in [-0.25, -0.2) is 9.37 Å². The van der Waals surface area contributed by atoms with Crippen LogP contribution in [0.15, 0.2) is 24.7 Å². The van der Waals surface area contributed by atoms with Crippen LogP contribution in [0.25, 0.3) is 16.9 Å². The predicted octanol–water partition coefficient (Wildman–Crippen LogP) is 3.74. The minimum atomic E-state index is -4.76. The predicted molar refractivity (Wildman–Crippen MR) is 85.6 cm³/mol. The highest BCUT2D eigenvalue weighted by molar-refractivity contribution is 5.59. The van der Waals surface area contributed by atoms with E-state index in [9.17, 15) is 26.3 Å². The quantitative estimate of drug-likeness (QED) is 0.585. The topological polar surface area (TPSA) is 74.4 Å². The Balaban J connectivity index is 1.98. The number of nitrogens with zero attached hydrogens (tertiary/aromatic N) is 5. The molecule has 3 heterocycles. The van der Waals surface area contributed by atoms with Gasteiger partial charge in [0.2, 0.25) is 5.82 Å². The molecule has 3 rings (SSSR count). The lowest BCUT2D eigenvalue weighted by Crippen LogP contribution is -2.45. The van der Waals surface area contributed by atoms with Crippen molar-refractivity contribution in [2.24, 2.45) is 0 Å². The highest BCUT2D eigenvalue weighted by Crippen LogP contribution is 2.35. The second-order valence-electron chi connectivity index (χ2n) is 6.37. The van der Waals surface area contributed by atoms with Gasteiger partial charge in [0.1, 0.15) is 0 Å². The molecule has 3 aromatic rings. The molecule has 0 fully saturated rings. The molecule has 0 aliphatic rings. The molecule has 0 amide bonds. The van der Waals surface area contributed by atoms with Gasteiger partial charge in [0.15, 0.2) is 17.1 Å². The molecule has 0 radical (unpaired) electrons. The van der Waals surface area contributed by atoms with Crippen LogP contribution >= 0.6 is 0 Å². The van der Waals surface area contributed by atoms with Crippen molar-refractivity contribution in [3.05, 3.63) is 36.3 Å². The Bertz CT molecular complexity index is 1050. The smallest absolute Gasteiger partial charge is 0.427 e. The van der Waals surface area contributed by atoms with E-state index in [1.54, 1.807) is 0 Å². The van der Waals surface area contributed by atoms with Crippen LogP contribution in [-0.2, 0) is 10.8 Å². The zero-order valence-electron chi connectivity index (χ0n) is 15.1. The minimum absolute atomic E-state index is 0.00180. The van der Waals surface area contributed by atoms with Gasteiger partial charge in [-0.1, -0.05) is 0 Å². The van der Waals surface area contributed by atoms with Crippen LogP contribution in [0.4, 0.5) is 26.3 Å². The number of alkyl halides is 5. The summed E-state index contributed by atoms with van der Waals surface area (Å²) in [6.07, 6.45) is -5.31. The average molecular weight is 421 g/mol. The van der Waals surface area contributed by atoms with Gasteiger partial charge >= 0.3 is 12.3 Å². The number of ether oxygens (including phenoxy) is 2. The summed E-state index contributed by atoms with van der Waals surface area (Å²) in [4.78, 5) is 7.50. The van der Waals surface area contributed by atoms with Gasteiger partial charge in [-0.05, 0) is 19.9 Å². The third kappa shape index (κ3) is 3.81. The first-order valence-electron chi connectivity index (χ1n) is 7.91. The molecule has 13 heteroatoms. The molecule has 156 valence electrons. The summed E-state index contributed by atoms with van der Waals surface area (Å²) in [5.74, 6) is -2.89. The van der Waals surface area contributed by atoms with Gasteiger partial charge < -0.3 is 9.47 Å². The summed E-state index contributed by atoms with van der Waals surface area (Å²) in [5.41, 5.74) is -2.72. The highest BCUT2D eigenvalue weighted by Gasteiger charge is 2.50. The molecule has 0 saturated heterocycles. The van der Waals surface area contributed by atoms with E-state index in [0.29, 0.717) is 0 Å². The molecular weight excluding hydrogens is 408 g/mol. The van der Waals surface area contributed by atoms with Crippen LogP contribution in [-0.4, -0.2) is 43.5 Å². The molecule has 0 spiro atoms. The highest BCUT2D eigenvalue weighted by atomic mass is 19.4. The molecule has 0 aliphatic carbocycles. The van der Waals surface area contributed by atoms with Crippen LogP contribution in [0.3, 0.4) is 0 Å². The molecule has 0 unspecified atom stereocenters. The van der Waals surface area contributed by atoms with Gasteiger partial charge in [-0.2, -0.15) is 22.0 Å². The molecule has 3 aromatic heterocycles. The van der Waals surface area contributed by atoms with Crippen molar-refractivity contribution in [3.63, 3.8) is 0 Å². The molecule has 0 atom stereocenters. The van der Waals surface area contributed by atoms with E-state index >= 15 is 0 Å². The summed E-state index contributed by atoms with van der Waals surface area (Å²) in [7, 11) is 0.781. The normalized spacial score (nSPS) is 13.1. The number of halogens is 6. The molecule has 29 heavy (non-hydrogen) atoms. The van der Waals surface area contributed by atoms with E-state index in [-0.39, 0.29) is 16.9 Å². The second-order valence-corrected chi connectivity index (χ2v) is 6.37. The maximum absolute atomic E-state index is 14.3. The molecule has 0 aliphatic heterocycles. The third-order valence-electron chi connectivity index (χ3n) is 3.95. The van der Waals surface area contributed by atoms with E-state index in [1.807, 2.05) is 0 Å². The zero-order chi connectivity index (χ0) is 21.6. The van der Waals surface area contributed by atoms with Gasteiger partial charge in [0, 0.05) is 25.1 Å². The molecule has 0 saturated carbocycles. The maximum Gasteiger partial charge on any atom is 0.427 e. The molecule has 0 aromatic carbocycles. The van der Waals surface area contributed by atoms with Crippen molar-refractivity contribution in [3.8, 4) is 17.1 Å². The van der Waals surface area contributed by atoms with Gasteiger partial charge in [-0.15, -0.1) is 10.2 Å². The van der Waals surface area contributed by atoms with E-state index in [2.05, 4.69) is 29.6 Å². The number of pyridine rings is 1. The molecule has 0 N–H and O–H groups in total. The summed E-state index contributed by atoms with van der Waals surface area (Å²) in [6, 6.07) is 0.821. The van der Waals surface area contributed by atoms with E-state index in [4.69, 9.17) is 0 Å². The van der Waals surface area contributed by atoms with Gasteiger partial charge in [0.05, 0.1) is 11.9 Å². The van der Waals surface area contributed by atoms with Crippen LogP contribution in [0, 0.1) is 5.82 Å². The van der Waals surface area contributed by atoms with E-state index < -0.39 is 35.4 Å². The Hall–Kier alpha value is -2.96. The van der Waals surface area contributed by atoms with E-state index in [0.717, 1.165) is 50.0 Å². The number of rotatable bonds is 5. The van der Waals surface area contributed by atoms with Crippen molar-refractivity contribution >= 4 is 5.65 Å². The Morgan fingerprint density at radius 2 is 1.69 bits per heavy atom. The fourth-order valence-electron chi connectivity index (χ4n) is 2.18. The summed E-state index contributed by atoms with van der Waals surface area (Å²) in [5, 5.41) is 6.89. The van der Waals surface area contributed by atoms with Crippen molar-refractivity contribution < 1.29 is 35.8 Å². The van der Waals surface area contributed by atoms with Crippen molar-refractivity contribution in [2.75, 3.05) is 7.11 Å². The SMILES string of the molecule is COC(F)(F)c1nnc2cnc(-c3cnc(OC(C)(C)C(F)(F)F)c(F)c3)cn12. The Morgan fingerprint density at radius 1 is 1.00 bits per heavy atom. The third-order valence-corrected chi connectivity index (χ3v) is 3.95. The first-order chi connectivity index (χ1) is 13.4. The maximum atomic E-state index is 14.3. The van der Waals surface area contributed by atoms with Crippen molar-refractivity contribution in [2.45, 2.75) is 31.7 Å². The fourth-order valence-corrected chi connectivity index (χ4v) is 2.18. The van der Waals surface area contributed by atoms with Crippen LogP contribution in [0.2, 0.25) is 0 Å². The number of fused-ring (bicyclic) bond motifs is 1. The summed E-state index contributed by atoms with van der Waals surface area (Å²) < 4.78 is 90.2. The number of aromatic nitrogens is 5. The van der Waals surface area contributed by atoms with E-state index in [1.165, 1.54) is 0 Å². The lowest BCUT2D eigenvalue weighted by atomic mass is 10.1. The zero-order valence-corrected chi connectivity index (χ0v) is 15.1. The Morgan fingerprint density at radius 3 is 2.28 bits per heavy atom. The standard InChI is InChI=1S/C16H13F6N5O2/c1-14(2,16(20,21)22)29-12-9(17)4-8(5-24-12)10-7-27-11(6-23-10)25-26-13(27)15(18,19)28-3/h4-7H,1-3H3. The lowest BCUT2D eigenvalue weighted by Gasteiger charge is -2.28. The van der Waals surface area contributed by atoms with Crippen molar-refractivity contribution in [1.29, 1.82) is 0 Å². The lowest BCUT2D eigenvalue weighted by molar-refractivity contribution is -0.237. The molecule has 0 bridgehead atoms. The number of hydrogen-bond donors (Lipinski definition) is 0. The van der Waals surface area contributed by atoms with Crippen molar-refractivity contribution in [1.82, 2.24) is 24.6 Å².